The zero-order valence-corrected chi connectivity index (χ0v) is 12.3. The van der Waals surface area contributed by atoms with Gasteiger partial charge in [0, 0.05) is 30.1 Å². The van der Waals surface area contributed by atoms with Crippen molar-refractivity contribution in [1.29, 1.82) is 0 Å². The van der Waals surface area contributed by atoms with Crippen molar-refractivity contribution < 1.29 is 14.1 Å². The number of rotatable bonds is 4. The minimum absolute atomic E-state index is 0.179. The van der Waals surface area contributed by atoms with Crippen LogP contribution in [0.15, 0.2) is 18.2 Å². The Kier molecular flexibility index (Phi) is 4.03. The molecular weight excluding hydrogens is 333 g/mol. The average Bonchev–Trinajstić information content (AvgIpc) is 2.63. The predicted octanol–water partition coefficient (Wildman–Crippen LogP) is 3.46. The molecule has 0 aliphatic rings. The van der Waals surface area contributed by atoms with Crippen LogP contribution < -0.4 is 4.74 Å². The van der Waals surface area contributed by atoms with Crippen molar-refractivity contribution in [1.82, 2.24) is 9.78 Å². The number of nitro groups is 1. The number of aromatic nitrogens is 2. The molecule has 2 rings (SSSR count). The molecule has 0 atom stereocenters. The number of halogens is 2. The maximum Gasteiger partial charge on any atom is 0.305 e. The average molecular weight is 344 g/mol. The van der Waals surface area contributed by atoms with Crippen LogP contribution in [0.5, 0.6) is 11.6 Å². The van der Waals surface area contributed by atoms with Crippen LogP contribution >= 0.6 is 15.9 Å². The molecule has 0 saturated heterocycles. The molecule has 0 aliphatic carbocycles. The van der Waals surface area contributed by atoms with E-state index in [1.165, 1.54) is 10.7 Å². The molecule has 0 amide bonds. The second-order valence-electron chi connectivity index (χ2n) is 4.10. The fourth-order valence-corrected chi connectivity index (χ4v) is 2.42. The van der Waals surface area contributed by atoms with Crippen LogP contribution in [0.1, 0.15) is 11.3 Å². The number of benzene rings is 1. The topological polar surface area (TPSA) is 70.2 Å². The lowest BCUT2D eigenvalue weighted by Crippen LogP contribution is -1.98. The Bertz CT molecular complexity index is 672. The summed E-state index contributed by atoms with van der Waals surface area (Å²) in [6.45, 7) is 1.83. The van der Waals surface area contributed by atoms with Crippen LogP contribution in [0, 0.1) is 22.9 Å². The third-order valence-electron chi connectivity index (χ3n) is 2.75. The second kappa shape index (κ2) is 5.58. The number of ether oxygens (including phenoxy) is 1. The largest absolute Gasteiger partial charge is 0.439 e. The molecule has 0 bridgehead atoms. The van der Waals surface area contributed by atoms with Gasteiger partial charge in [-0.2, -0.15) is 9.49 Å². The minimum Gasteiger partial charge on any atom is -0.439 e. The summed E-state index contributed by atoms with van der Waals surface area (Å²) in [6.07, 6.45) is 0. The molecule has 0 N–H and O–H groups in total. The molecule has 0 spiro atoms. The van der Waals surface area contributed by atoms with Crippen molar-refractivity contribution >= 4 is 21.6 Å². The van der Waals surface area contributed by atoms with Gasteiger partial charge in [-0.3, -0.25) is 10.1 Å². The normalized spacial score (nSPS) is 10.6. The highest BCUT2D eigenvalue weighted by Crippen LogP contribution is 2.30. The fraction of sp³-hybridized carbons (Fsp3) is 0.250. The molecule has 8 heteroatoms. The van der Waals surface area contributed by atoms with E-state index in [0.29, 0.717) is 11.2 Å². The number of aryl methyl sites for hydroxylation is 2. The molecule has 2 aromatic rings. The first kappa shape index (κ1) is 14.4. The van der Waals surface area contributed by atoms with Gasteiger partial charge in [-0.05, 0) is 13.0 Å². The molecule has 20 heavy (non-hydrogen) atoms. The highest BCUT2D eigenvalue weighted by molar-refractivity contribution is 9.08. The number of nitrogens with zero attached hydrogens (tertiary/aromatic N) is 3. The van der Waals surface area contributed by atoms with Crippen LogP contribution in [-0.2, 0) is 12.4 Å². The van der Waals surface area contributed by atoms with Gasteiger partial charge in [0.15, 0.2) is 0 Å². The van der Waals surface area contributed by atoms with Gasteiger partial charge in [0.05, 0.1) is 10.6 Å². The highest BCUT2D eigenvalue weighted by atomic mass is 79.9. The first-order valence-corrected chi connectivity index (χ1v) is 6.76. The second-order valence-corrected chi connectivity index (χ2v) is 4.66. The summed E-state index contributed by atoms with van der Waals surface area (Å²) in [7, 11) is 1.70. The van der Waals surface area contributed by atoms with Gasteiger partial charge < -0.3 is 4.74 Å². The number of hydrogen-bond donors (Lipinski definition) is 0. The molecular formula is C12H11BrFN3O3. The minimum atomic E-state index is -0.938. The van der Waals surface area contributed by atoms with E-state index in [9.17, 15) is 14.5 Å². The molecule has 6 nitrogen and oxygen atoms in total. The van der Waals surface area contributed by atoms with Crippen molar-refractivity contribution in [3.8, 4) is 11.6 Å². The maximum atomic E-state index is 13.5. The van der Waals surface area contributed by atoms with Crippen molar-refractivity contribution in [2.75, 3.05) is 0 Å². The summed E-state index contributed by atoms with van der Waals surface area (Å²) in [4.78, 5) is 9.77. The van der Waals surface area contributed by atoms with Crippen LogP contribution in [0.3, 0.4) is 0 Å². The standard InChI is InChI=1S/C12H11BrFN3O3/c1-7-9(6-13)12(16(2)15-7)20-8-3-4-11(17(18)19)10(14)5-8/h3-5H,6H2,1-2H3. The van der Waals surface area contributed by atoms with E-state index in [0.717, 1.165) is 23.4 Å². The molecule has 106 valence electrons. The summed E-state index contributed by atoms with van der Waals surface area (Å²) < 4.78 is 20.6. The molecule has 1 heterocycles. The van der Waals surface area contributed by atoms with E-state index in [4.69, 9.17) is 4.74 Å². The third-order valence-corrected chi connectivity index (χ3v) is 3.31. The van der Waals surface area contributed by atoms with Crippen LogP contribution in [0.25, 0.3) is 0 Å². The van der Waals surface area contributed by atoms with Gasteiger partial charge in [0.1, 0.15) is 5.75 Å². The zero-order chi connectivity index (χ0) is 14.9. The van der Waals surface area contributed by atoms with E-state index in [1.807, 2.05) is 6.92 Å². The summed E-state index contributed by atoms with van der Waals surface area (Å²) >= 11 is 3.33. The van der Waals surface area contributed by atoms with Crippen LogP contribution in [-0.4, -0.2) is 14.7 Å². The van der Waals surface area contributed by atoms with Crippen molar-refractivity contribution in [3.05, 3.63) is 45.4 Å². The lowest BCUT2D eigenvalue weighted by Gasteiger charge is -2.07. The third kappa shape index (κ3) is 2.64. The first-order chi connectivity index (χ1) is 9.43. The highest BCUT2D eigenvalue weighted by Gasteiger charge is 2.18. The molecule has 1 aromatic carbocycles. The summed E-state index contributed by atoms with van der Waals surface area (Å²) in [6, 6.07) is 3.40. The van der Waals surface area contributed by atoms with Crippen molar-refractivity contribution in [3.63, 3.8) is 0 Å². The smallest absolute Gasteiger partial charge is 0.305 e. The van der Waals surface area contributed by atoms with E-state index < -0.39 is 16.4 Å². The molecule has 0 saturated carbocycles. The van der Waals surface area contributed by atoms with E-state index >= 15 is 0 Å². The number of alkyl halides is 1. The summed E-state index contributed by atoms with van der Waals surface area (Å²) in [5.74, 6) is -0.294. The quantitative estimate of drug-likeness (QED) is 0.484. The van der Waals surface area contributed by atoms with Gasteiger partial charge in [0.25, 0.3) is 0 Å². The lowest BCUT2D eigenvalue weighted by atomic mass is 10.3. The Labute approximate surface area is 122 Å². The Balaban J connectivity index is 2.36. The van der Waals surface area contributed by atoms with Gasteiger partial charge in [-0.25, -0.2) is 4.68 Å². The van der Waals surface area contributed by atoms with Gasteiger partial charge in [0.2, 0.25) is 11.7 Å². The first-order valence-electron chi connectivity index (χ1n) is 5.64. The van der Waals surface area contributed by atoms with E-state index in [-0.39, 0.29) is 5.75 Å². The number of hydrogen-bond acceptors (Lipinski definition) is 4. The summed E-state index contributed by atoms with van der Waals surface area (Å²) in [5.41, 5.74) is 1.05. The van der Waals surface area contributed by atoms with Gasteiger partial charge in [-0.15, -0.1) is 0 Å². The monoisotopic (exact) mass is 343 g/mol. The lowest BCUT2D eigenvalue weighted by molar-refractivity contribution is -0.387. The van der Waals surface area contributed by atoms with E-state index in [2.05, 4.69) is 21.0 Å². The molecule has 0 fully saturated rings. The Morgan fingerprint density at radius 2 is 2.25 bits per heavy atom. The predicted molar refractivity (Wildman–Crippen MR) is 73.7 cm³/mol. The zero-order valence-electron chi connectivity index (χ0n) is 10.8. The molecule has 1 aromatic heterocycles. The Morgan fingerprint density at radius 1 is 1.55 bits per heavy atom. The van der Waals surface area contributed by atoms with Gasteiger partial charge >= 0.3 is 5.69 Å². The Morgan fingerprint density at radius 3 is 2.80 bits per heavy atom. The SMILES string of the molecule is Cc1nn(C)c(Oc2ccc([N+](=O)[O-])c(F)c2)c1CBr. The summed E-state index contributed by atoms with van der Waals surface area (Å²) in [5, 5.41) is 15.3. The van der Waals surface area contributed by atoms with Crippen molar-refractivity contribution in [2.45, 2.75) is 12.3 Å². The molecule has 0 aliphatic heterocycles. The van der Waals surface area contributed by atoms with Gasteiger partial charge in [-0.1, -0.05) is 15.9 Å². The Hall–Kier alpha value is -1.96. The van der Waals surface area contributed by atoms with E-state index in [1.54, 1.807) is 7.05 Å². The molecule has 0 radical (unpaired) electrons. The molecule has 0 unspecified atom stereocenters. The fourth-order valence-electron chi connectivity index (χ4n) is 1.77. The number of nitro benzene ring substituents is 1. The van der Waals surface area contributed by atoms with Crippen LogP contribution in [0.2, 0.25) is 0 Å². The van der Waals surface area contributed by atoms with Crippen molar-refractivity contribution in [2.24, 2.45) is 7.05 Å². The van der Waals surface area contributed by atoms with Crippen LogP contribution in [0.4, 0.5) is 10.1 Å². The maximum absolute atomic E-state index is 13.5.